The molecule has 1 amide bonds. The van der Waals surface area contributed by atoms with E-state index in [0.29, 0.717) is 21.7 Å². The highest BCUT2D eigenvalue weighted by Gasteiger charge is 2.19. The van der Waals surface area contributed by atoms with E-state index in [-0.39, 0.29) is 16.8 Å². The largest absolute Gasteiger partial charge is 0.323 e. The lowest BCUT2D eigenvalue weighted by Crippen LogP contribution is -2.15. The van der Waals surface area contributed by atoms with Crippen molar-refractivity contribution in [2.24, 2.45) is 0 Å². The van der Waals surface area contributed by atoms with E-state index in [1.807, 2.05) is 41.8 Å². The smallest absolute Gasteiger partial charge is 0.234 e. The van der Waals surface area contributed by atoms with Crippen LogP contribution in [0.4, 0.5) is 5.69 Å². The number of benzene rings is 1. The summed E-state index contributed by atoms with van der Waals surface area (Å²) in [6.07, 6.45) is 4.94. The summed E-state index contributed by atoms with van der Waals surface area (Å²) in [6, 6.07) is 12.7. The fourth-order valence-electron chi connectivity index (χ4n) is 2.90. The van der Waals surface area contributed by atoms with Gasteiger partial charge in [-0.3, -0.25) is 14.3 Å². The second-order valence-corrected chi connectivity index (χ2v) is 8.15. The molecule has 4 rings (SSSR count). The molecule has 0 bridgehead atoms. The summed E-state index contributed by atoms with van der Waals surface area (Å²) in [6.45, 7) is 1.93. The molecule has 0 radical (unpaired) electrons. The normalized spacial score (nSPS) is 10.8. The van der Waals surface area contributed by atoms with Crippen LogP contribution in [-0.4, -0.2) is 36.4 Å². The highest BCUT2D eigenvalue weighted by molar-refractivity contribution is 7.99. The highest BCUT2D eigenvalue weighted by atomic mass is 35.5. The van der Waals surface area contributed by atoms with Crippen molar-refractivity contribution >= 4 is 46.6 Å². The summed E-state index contributed by atoms with van der Waals surface area (Å²) in [4.78, 5) is 20.5. The second-order valence-electron chi connectivity index (χ2n) is 6.44. The Hall–Kier alpha value is -2.94. The lowest BCUT2D eigenvalue weighted by Gasteiger charge is -2.14. The first-order chi connectivity index (χ1) is 15.0. The Kier molecular flexibility index (Phi) is 6.50. The van der Waals surface area contributed by atoms with Gasteiger partial charge in [-0.25, -0.2) is 4.98 Å². The SMILES string of the molecule is Cc1c(Cl)cccc1-n1c(SCC(=O)Nc2cccnc2Cl)nnc1-c1ccncc1. The van der Waals surface area contributed by atoms with E-state index < -0.39 is 0 Å². The molecule has 0 saturated heterocycles. The molecule has 0 aliphatic rings. The molecule has 31 heavy (non-hydrogen) atoms. The monoisotopic (exact) mass is 470 g/mol. The Morgan fingerprint density at radius 2 is 1.87 bits per heavy atom. The van der Waals surface area contributed by atoms with Crippen molar-refractivity contribution in [1.82, 2.24) is 24.7 Å². The maximum Gasteiger partial charge on any atom is 0.234 e. The lowest BCUT2D eigenvalue weighted by molar-refractivity contribution is -0.113. The van der Waals surface area contributed by atoms with E-state index in [1.165, 1.54) is 11.8 Å². The topological polar surface area (TPSA) is 85.6 Å². The number of nitrogens with one attached hydrogen (secondary N) is 1. The first-order valence-corrected chi connectivity index (χ1v) is 10.9. The minimum Gasteiger partial charge on any atom is -0.323 e. The Bertz CT molecular complexity index is 1230. The van der Waals surface area contributed by atoms with Gasteiger partial charge < -0.3 is 5.32 Å². The number of pyridine rings is 2. The number of halogens is 2. The van der Waals surface area contributed by atoms with E-state index in [4.69, 9.17) is 23.2 Å². The predicted molar refractivity (Wildman–Crippen MR) is 123 cm³/mol. The first kappa shape index (κ1) is 21.3. The zero-order valence-electron chi connectivity index (χ0n) is 16.3. The Balaban J connectivity index is 1.65. The molecule has 4 aromatic rings. The van der Waals surface area contributed by atoms with Gasteiger partial charge in [-0.15, -0.1) is 10.2 Å². The van der Waals surface area contributed by atoms with Crippen molar-refractivity contribution in [1.29, 1.82) is 0 Å². The molecule has 156 valence electrons. The molecule has 0 saturated carbocycles. The molecule has 1 aromatic carbocycles. The first-order valence-electron chi connectivity index (χ1n) is 9.19. The highest BCUT2D eigenvalue weighted by Crippen LogP contribution is 2.31. The number of amides is 1. The molecule has 0 aliphatic carbocycles. The molecule has 0 fully saturated rings. The number of anilines is 1. The van der Waals surface area contributed by atoms with Crippen LogP contribution < -0.4 is 5.32 Å². The number of carbonyl (C=O) groups is 1. The van der Waals surface area contributed by atoms with E-state index in [1.54, 1.807) is 30.7 Å². The third-order valence-electron chi connectivity index (χ3n) is 4.42. The number of rotatable bonds is 6. The van der Waals surface area contributed by atoms with Crippen molar-refractivity contribution in [2.45, 2.75) is 12.1 Å². The molecule has 3 heterocycles. The quantitative estimate of drug-likeness (QED) is 0.312. The van der Waals surface area contributed by atoms with Gasteiger partial charge in [0, 0.05) is 29.2 Å². The molecular weight excluding hydrogens is 455 g/mol. The van der Waals surface area contributed by atoms with E-state index in [9.17, 15) is 4.79 Å². The molecule has 7 nitrogen and oxygen atoms in total. The molecule has 0 unspecified atom stereocenters. The summed E-state index contributed by atoms with van der Waals surface area (Å²) in [5.41, 5.74) is 3.02. The van der Waals surface area contributed by atoms with Crippen LogP contribution in [0.1, 0.15) is 5.56 Å². The van der Waals surface area contributed by atoms with Crippen LogP contribution in [0.3, 0.4) is 0 Å². The zero-order chi connectivity index (χ0) is 21.8. The minimum atomic E-state index is -0.234. The van der Waals surface area contributed by atoms with Crippen molar-refractivity contribution in [3.63, 3.8) is 0 Å². The Labute approximate surface area is 192 Å². The van der Waals surface area contributed by atoms with Gasteiger partial charge in [0.25, 0.3) is 0 Å². The summed E-state index contributed by atoms with van der Waals surface area (Å²) >= 11 is 13.6. The van der Waals surface area contributed by atoms with Crippen LogP contribution in [0.15, 0.2) is 66.2 Å². The summed E-state index contributed by atoms with van der Waals surface area (Å²) < 4.78 is 1.89. The van der Waals surface area contributed by atoms with Crippen LogP contribution in [0.25, 0.3) is 17.1 Å². The van der Waals surface area contributed by atoms with Crippen molar-refractivity contribution in [3.05, 3.63) is 76.8 Å². The molecule has 3 aromatic heterocycles. The molecular formula is C21H16Cl2N6OS. The third-order valence-corrected chi connectivity index (χ3v) is 6.06. The fourth-order valence-corrected chi connectivity index (χ4v) is 3.98. The van der Waals surface area contributed by atoms with Crippen LogP contribution >= 0.6 is 35.0 Å². The summed E-state index contributed by atoms with van der Waals surface area (Å²) in [5, 5.41) is 12.9. The van der Waals surface area contributed by atoms with Crippen LogP contribution in [0.5, 0.6) is 0 Å². The lowest BCUT2D eigenvalue weighted by atomic mass is 10.2. The van der Waals surface area contributed by atoms with Crippen molar-refractivity contribution in [3.8, 4) is 17.1 Å². The standard InChI is InChI=1S/C21H16Cl2N6OS/c1-13-15(22)4-2-6-17(13)29-20(14-7-10-24-11-8-14)27-28-21(29)31-12-18(30)26-16-5-3-9-25-19(16)23/h2-11H,12H2,1H3,(H,26,30). The Morgan fingerprint density at radius 3 is 2.65 bits per heavy atom. The van der Waals surface area contributed by atoms with Gasteiger partial charge in [-0.05, 0) is 48.9 Å². The van der Waals surface area contributed by atoms with Gasteiger partial charge in [-0.2, -0.15) is 0 Å². The average Bonchev–Trinajstić information content (AvgIpc) is 3.20. The van der Waals surface area contributed by atoms with E-state index >= 15 is 0 Å². The van der Waals surface area contributed by atoms with Gasteiger partial charge in [-0.1, -0.05) is 41.0 Å². The van der Waals surface area contributed by atoms with E-state index in [0.717, 1.165) is 16.8 Å². The van der Waals surface area contributed by atoms with Gasteiger partial charge in [0.05, 0.1) is 17.1 Å². The summed E-state index contributed by atoms with van der Waals surface area (Å²) in [5.74, 6) is 0.507. The van der Waals surface area contributed by atoms with Crippen molar-refractivity contribution in [2.75, 3.05) is 11.1 Å². The molecule has 0 aliphatic heterocycles. The number of hydrogen-bond donors (Lipinski definition) is 1. The minimum absolute atomic E-state index is 0.110. The maximum absolute atomic E-state index is 12.5. The third kappa shape index (κ3) is 4.71. The predicted octanol–water partition coefficient (Wildman–Crippen LogP) is 5.07. The van der Waals surface area contributed by atoms with Crippen LogP contribution in [0, 0.1) is 6.92 Å². The van der Waals surface area contributed by atoms with Gasteiger partial charge in [0.15, 0.2) is 16.1 Å². The van der Waals surface area contributed by atoms with E-state index in [2.05, 4.69) is 25.5 Å². The molecule has 10 heteroatoms. The Morgan fingerprint density at radius 1 is 1.06 bits per heavy atom. The number of carbonyl (C=O) groups excluding carboxylic acids is 1. The van der Waals surface area contributed by atoms with Gasteiger partial charge in [0.2, 0.25) is 5.91 Å². The van der Waals surface area contributed by atoms with Crippen molar-refractivity contribution < 1.29 is 4.79 Å². The van der Waals surface area contributed by atoms with Gasteiger partial charge in [0.1, 0.15) is 0 Å². The molecule has 1 N–H and O–H groups in total. The number of thioether (sulfide) groups is 1. The van der Waals surface area contributed by atoms with Crippen LogP contribution in [0.2, 0.25) is 10.2 Å². The zero-order valence-corrected chi connectivity index (χ0v) is 18.6. The number of aromatic nitrogens is 5. The molecule has 0 atom stereocenters. The van der Waals surface area contributed by atoms with Crippen LogP contribution in [-0.2, 0) is 4.79 Å². The summed E-state index contributed by atoms with van der Waals surface area (Å²) in [7, 11) is 0. The number of nitrogens with zero attached hydrogens (tertiary/aromatic N) is 5. The average molecular weight is 471 g/mol. The van der Waals surface area contributed by atoms with Gasteiger partial charge >= 0.3 is 0 Å². The maximum atomic E-state index is 12.5. The molecule has 0 spiro atoms. The fraction of sp³-hybridized carbons (Fsp3) is 0.0952. The second kappa shape index (κ2) is 9.47. The number of hydrogen-bond acceptors (Lipinski definition) is 6.